The Kier molecular flexibility index (Phi) is 3.19. The fraction of sp³-hybridized carbons (Fsp3) is 0.500. The zero-order valence-corrected chi connectivity index (χ0v) is 10.7. The Morgan fingerprint density at radius 1 is 1.44 bits per heavy atom. The lowest BCUT2D eigenvalue weighted by Crippen LogP contribution is -2.22. The summed E-state index contributed by atoms with van der Waals surface area (Å²) in [5.74, 6) is 0.708. The van der Waals surface area contributed by atoms with Gasteiger partial charge in [-0.3, -0.25) is 0 Å². The number of likely N-dealkylation sites (tertiary alicyclic amines) is 1. The minimum atomic E-state index is 0.645. The molecule has 1 aromatic carbocycles. The van der Waals surface area contributed by atoms with Crippen LogP contribution in [0, 0.1) is 5.92 Å². The normalized spacial score (nSPS) is 20.6. The van der Waals surface area contributed by atoms with Gasteiger partial charge < -0.3 is 14.6 Å². The molecule has 2 heterocycles. The summed E-state index contributed by atoms with van der Waals surface area (Å²) < 4.78 is 5.65. The maximum Gasteiger partial charge on any atom is 0.295 e. The summed E-state index contributed by atoms with van der Waals surface area (Å²) in [6, 6.07) is 8.50. The Morgan fingerprint density at radius 3 is 3.11 bits per heavy atom. The Morgan fingerprint density at radius 2 is 2.33 bits per heavy atom. The number of nitrogens with zero attached hydrogens (tertiary/aromatic N) is 2. The van der Waals surface area contributed by atoms with E-state index < -0.39 is 0 Å². The molecule has 1 N–H and O–H groups in total. The summed E-state index contributed by atoms with van der Waals surface area (Å²) in [7, 11) is 0. The molecular weight excluding hydrogens is 226 g/mol. The lowest BCUT2D eigenvalue weighted by atomic mass is 10.1. The summed E-state index contributed by atoms with van der Waals surface area (Å²) in [6.45, 7) is 6.72. The summed E-state index contributed by atoms with van der Waals surface area (Å²) in [6.07, 6.45) is 1.26. The third kappa shape index (κ3) is 2.34. The van der Waals surface area contributed by atoms with E-state index in [9.17, 15) is 0 Å². The van der Waals surface area contributed by atoms with Crippen LogP contribution >= 0.6 is 0 Å². The van der Waals surface area contributed by atoms with Gasteiger partial charge in [0.1, 0.15) is 5.52 Å². The van der Waals surface area contributed by atoms with Crippen molar-refractivity contribution in [2.24, 2.45) is 5.92 Å². The van der Waals surface area contributed by atoms with E-state index in [1.807, 2.05) is 24.3 Å². The molecule has 96 valence electrons. The van der Waals surface area contributed by atoms with E-state index in [2.05, 4.69) is 22.1 Å². The number of anilines is 1. The molecule has 0 bridgehead atoms. The van der Waals surface area contributed by atoms with Gasteiger partial charge in [-0.05, 0) is 37.6 Å². The SMILES string of the molecule is CCN1CCC(CNc2nc3ccccc3o2)C1. The molecule has 18 heavy (non-hydrogen) atoms. The Balaban J connectivity index is 1.60. The van der Waals surface area contributed by atoms with Crippen molar-refractivity contribution in [3.05, 3.63) is 24.3 Å². The molecule has 1 unspecified atom stereocenters. The van der Waals surface area contributed by atoms with Crippen molar-refractivity contribution in [1.29, 1.82) is 0 Å². The highest BCUT2D eigenvalue weighted by atomic mass is 16.4. The van der Waals surface area contributed by atoms with Gasteiger partial charge in [-0.15, -0.1) is 0 Å². The second kappa shape index (κ2) is 4.98. The summed E-state index contributed by atoms with van der Waals surface area (Å²) >= 11 is 0. The van der Waals surface area contributed by atoms with Gasteiger partial charge in [-0.1, -0.05) is 19.1 Å². The highest BCUT2D eigenvalue weighted by Crippen LogP contribution is 2.20. The van der Waals surface area contributed by atoms with E-state index >= 15 is 0 Å². The molecule has 1 aliphatic heterocycles. The number of fused-ring (bicyclic) bond motifs is 1. The highest BCUT2D eigenvalue weighted by molar-refractivity contribution is 5.74. The number of nitrogens with one attached hydrogen (secondary N) is 1. The van der Waals surface area contributed by atoms with Crippen LogP contribution in [0.3, 0.4) is 0 Å². The molecule has 0 saturated carbocycles. The van der Waals surface area contributed by atoms with Crippen molar-refractivity contribution in [2.75, 3.05) is 31.5 Å². The molecule has 1 saturated heterocycles. The lowest BCUT2D eigenvalue weighted by molar-refractivity contribution is 0.344. The van der Waals surface area contributed by atoms with Crippen LogP contribution in [-0.2, 0) is 0 Å². The Bertz CT molecular complexity index is 489. The minimum Gasteiger partial charge on any atom is -0.424 e. The van der Waals surface area contributed by atoms with Gasteiger partial charge >= 0.3 is 0 Å². The van der Waals surface area contributed by atoms with Gasteiger partial charge in [0.15, 0.2) is 5.58 Å². The monoisotopic (exact) mass is 245 g/mol. The van der Waals surface area contributed by atoms with Crippen molar-refractivity contribution in [3.63, 3.8) is 0 Å². The predicted molar refractivity (Wildman–Crippen MR) is 72.7 cm³/mol. The van der Waals surface area contributed by atoms with Gasteiger partial charge in [0, 0.05) is 13.1 Å². The molecule has 4 heteroatoms. The predicted octanol–water partition coefficient (Wildman–Crippen LogP) is 2.58. The van der Waals surface area contributed by atoms with Crippen LogP contribution in [0.2, 0.25) is 0 Å². The first-order valence-corrected chi connectivity index (χ1v) is 6.67. The van der Waals surface area contributed by atoms with Gasteiger partial charge in [-0.2, -0.15) is 4.98 Å². The standard InChI is InChI=1S/C14H19N3O/c1-2-17-8-7-11(10-17)9-15-14-16-12-5-3-4-6-13(12)18-14/h3-6,11H,2,7-10H2,1H3,(H,15,16). The van der Waals surface area contributed by atoms with E-state index in [0.29, 0.717) is 11.9 Å². The van der Waals surface area contributed by atoms with Crippen LogP contribution < -0.4 is 5.32 Å². The van der Waals surface area contributed by atoms with Crippen LogP contribution in [0.1, 0.15) is 13.3 Å². The van der Waals surface area contributed by atoms with Crippen LogP contribution in [0.15, 0.2) is 28.7 Å². The number of rotatable bonds is 4. The minimum absolute atomic E-state index is 0.645. The van der Waals surface area contributed by atoms with E-state index in [1.165, 1.54) is 19.5 Å². The van der Waals surface area contributed by atoms with Crippen molar-refractivity contribution < 1.29 is 4.42 Å². The van der Waals surface area contributed by atoms with E-state index in [1.54, 1.807) is 0 Å². The molecule has 1 fully saturated rings. The highest BCUT2D eigenvalue weighted by Gasteiger charge is 2.21. The van der Waals surface area contributed by atoms with E-state index in [0.717, 1.165) is 24.2 Å². The van der Waals surface area contributed by atoms with E-state index in [-0.39, 0.29) is 0 Å². The van der Waals surface area contributed by atoms with Crippen LogP contribution in [0.4, 0.5) is 6.01 Å². The van der Waals surface area contributed by atoms with Gasteiger partial charge in [-0.25, -0.2) is 0 Å². The van der Waals surface area contributed by atoms with Crippen molar-refractivity contribution in [1.82, 2.24) is 9.88 Å². The van der Waals surface area contributed by atoms with Crippen LogP contribution in [-0.4, -0.2) is 36.1 Å². The van der Waals surface area contributed by atoms with Gasteiger partial charge in [0.05, 0.1) is 0 Å². The maximum absolute atomic E-state index is 5.65. The quantitative estimate of drug-likeness (QED) is 0.899. The average molecular weight is 245 g/mol. The summed E-state index contributed by atoms with van der Waals surface area (Å²) in [5, 5.41) is 3.32. The Labute approximate surface area is 107 Å². The second-order valence-corrected chi connectivity index (χ2v) is 4.92. The first kappa shape index (κ1) is 11.5. The molecule has 0 aliphatic carbocycles. The summed E-state index contributed by atoms with van der Waals surface area (Å²) in [5.41, 5.74) is 1.77. The van der Waals surface area contributed by atoms with Crippen molar-refractivity contribution in [2.45, 2.75) is 13.3 Å². The molecule has 4 nitrogen and oxygen atoms in total. The number of benzene rings is 1. The smallest absolute Gasteiger partial charge is 0.295 e. The van der Waals surface area contributed by atoms with E-state index in [4.69, 9.17) is 4.42 Å². The maximum atomic E-state index is 5.65. The molecule has 3 rings (SSSR count). The molecule has 1 atom stereocenters. The van der Waals surface area contributed by atoms with Crippen LogP contribution in [0.25, 0.3) is 11.1 Å². The first-order chi connectivity index (χ1) is 8.85. The molecule has 0 spiro atoms. The molecule has 1 aliphatic rings. The largest absolute Gasteiger partial charge is 0.424 e. The fourth-order valence-electron chi connectivity index (χ4n) is 2.55. The van der Waals surface area contributed by atoms with Crippen molar-refractivity contribution in [3.8, 4) is 0 Å². The number of aromatic nitrogens is 1. The van der Waals surface area contributed by atoms with Gasteiger partial charge in [0.2, 0.25) is 0 Å². The van der Waals surface area contributed by atoms with Gasteiger partial charge in [0.25, 0.3) is 6.01 Å². The zero-order valence-electron chi connectivity index (χ0n) is 10.7. The molecule has 0 radical (unpaired) electrons. The Hall–Kier alpha value is -1.55. The molecule has 0 amide bonds. The number of para-hydroxylation sites is 2. The summed E-state index contributed by atoms with van der Waals surface area (Å²) in [4.78, 5) is 6.91. The third-order valence-corrected chi connectivity index (χ3v) is 3.65. The first-order valence-electron chi connectivity index (χ1n) is 6.67. The molecule has 2 aromatic rings. The van der Waals surface area contributed by atoms with Crippen LogP contribution in [0.5, 0.6) is 0 Å². The second-order valence-electron chi connectivity index (χ2n) is 4.92. The fourth-order valence-corrected chi connectivity index (χ4v) is 2.55. The number of oxazole rings is 1. The number of hydrogen-bond donors (Lipinski definition) is 1. The zero-order chi connectivity index (χ0) is 12.4. The average Bonchev–Trinajstić information content (AvgIpc) is 3.02. The number of hydrogen-bond acceptors (Lipinski definition) is 4. The van der Waals surface area contributed by atoms with Crippen molar-refractivity contribution >= 4 is 17.1 Å². The topological polar surface area (TPSA) is 41.3 Å². The third-order valence-electron chi connectivity index (χ3n) is 3.65. The molecule has 1 aromatic heterocycles. The lowest BCUT2D eigenvalue weighted by Gasteiger charge is -2.12. The molecular formula is C14H19N3O.